The Morgan fingerprint density at radius 2 is 1.92 bits per heavy atom. The molecule has 1 aromatic heterocycles. The fraction of sp³-hybridized carbons (Fsp3) is 0.278. The number of pyridine rings is 1. The molecule has 0 saturated carbocycles. The Kier molecular flexibility index (Phi) is 5.89. The van der Waals surface area contributed by atoms with Crippen LogP contribution in [0.4, 0.5) is 0 Å². The normalized spacial score (nSPS) is 11.7. The molecule has 1 aromatic carbocycles. The number of carboxylic acid groups (broad SMARTS) is 1. The Balaban J connectivity index is 2.10. The molecule has 6 nitrogen and oxygen atoms in total. The van der Waals surface area contributed by atoms with Gasteiger partial charge in [-0.15, -0.1) is 0 Å². The van der Waals surface area contributed by atoms with E-state index < -0.39 is 5.97 Å². The summed E-state index contributed by atoms with van der Waals surface area (Å²) in [6.07, 6.45) is 2.35. The molecule has 2 N–H and O–H groups in total. The Morgan fingerprint density at radius 1 is 1.21 bits per heavy atom. The largest absolute Gasteiger partial charge is 0.481 e. The van der Waals surface area contributed by atoms with E-state index in [-0.39, 0.29) is 29.5 Å². The Hall–Kier alpha value is -2.89. The zero-order valence-corrected chi connectivity index (χ0v) is 13.4. The minimum absolute atomic E-state index is 0.0334. The molecule has 1 amide bonds. The molecule has 0 aliphatic carbocycles. The lowest BCUT2D eigenvalue weighted by Gasteiger charge is -2.18. The van der Waals surface area contributed by atoms with Crippen molar-refractivity contribution in [1.82, 2.24) is 9.88 Å². The van der Waals surface area contributed by atoms with Crippen LogP contribution >= 0.6 is 0 Å². The summed E-state index contributed by atoms with van der Waals surface area (Å²) in [4.78, 5) is 34.8. The van der Waals surface area contributed by atoms with Crippen LogP contribution in [0.15, 0.2) is 53.5 Å². The number of aryl methyl sites for hydroxylation is 1. The summed E-state index contributed by atoms with van der Waals surface area (Å²) in [5, 5.41) is 11.7. The molecule has 0 bridgehead atoms. The van der Waals surface area contributed by atoms with Crippen molar-refractivity contribution in [3.05, 3.63) is 70.1 Å². The molecule has 0 aliphatic rings. The standard InChI is InChI=1S/C18H20N2O4/c1-20-10-9-14(12-16(20)21)18(24)19-15(7-8-17(22)23)11-13-5-3-2-4-6-13/h2-6,9-10,12,15H,7-8,11H2,1H3,(H,19,24)(H,22,23). The highest BCUT2D eigenvalue weighted by atomic mass is 16.4. The molecule has 0 fully saturated rings. The number of amides is 1. The van der Waals surface area contributed by atoms with Crippen LogP contribution in [0.5, 0.6) is 0 Å². The number of carbonyl (C=O) groups is 2. The van der Waals surface area contributed by atoms with E-state index in [1.54, 1.807) is 13.1 Å². The summed E-state index contributed by atoms with van der Waals surface area (Å²) in [7, 11) is 1.61. The number of rotatable bonds is 7. The second-order valence-electron chi connectivity index (χ2n) is 5.66. The predicted molar refractivity (Wildman–Crippen MR) is 90.0 cm³/mol. The number of carboxylic acids is 1. The summed E-state index contributed by atoms with van der Waals surface area (Å²) in [5.74, 6) is -1.28. The SMILES string of the molecule is Cn1ccc(C(=O)NC(CCC(=O)O)Cc2ccccc2)cc1=O. The summed E-state index contributed by atoms with van der Waals surface area (Å²) in [6.45, 7) is 0. The number of hydrogen-bond donors (Lipinski definition) is 2. The number of hydrogen-bond acceptors (Lipinski definition) is 3. The van der Waals surface area contributed by atoms with Crippen molar-refractivity contribution < 1.29 is 14.7 Å². The number of aliphatic carboxylic acids is 1. The van der Waals surface area contributed by atoms with Gasteiger partial charge in [0, 0.05) is 37.3 Å². The number of aromatic nitrogens is 1. The quantitative estimate of drug-likeness (QED) is 0.808. The molecule has 2 rings (SSSR count). The Labute approximate surface area is 139 Å². The minimum Gasteiger partial charge on any atom is -0.481 e. The van der Waals surface area contributed by atoms with Crippen molar-refractivity contribution in [1.29, 1.82) is 0 Å². The first kappa shape index (κ1) is 17.5. The van der Waals surface area contributed by atoms with E-state index in [9.17, 15) is 14.4 Å². The van der Waals surface area contributed by atoms with Gasteiger partial charge in [-0.25, -0.2) is 0 Å². The van der Waals surface area contributed by atoms with E-state index in [4.69, 9.17) is 5.11 Å². The predicted octanol–water partition coefficient (Wildman–Crippen LogP) is 1.59. The highest BCUT2D eigenvalue weighted by Crippen LogP contribution is 2.09. The van der Waals surface area contributed by atoms with E-state index in [0.29, 0.717) is 12.8 Å². The van der Waals surface area contributed by atoms with Gasteiger partial charge in [0.1, 0.15) is 0 Å². The average Bonchev–Trinajstić information content (AvgIpc) is 2.56. The van der Waals surface area contributed by atoms with Gasteiger partial charge in [-0.3, -0.25) is 14.4 Å². The third kappa shape index (κ3) is 5.08. The first-order valence-electron chi connectivity index (χ1n) is 7.69. The van der Waals surface area contributed by atoms with E-state index >= 15 is 0 Å². The van der Waals surface area contributed by atoms with Crippen LogP contribution in [0.1, 0.15) is 28.8 Å². The number of nitrogens with zero attached hydrogens (tertiary/aromatic N) is 1. The Morgan fingerprint density at radius 3 is 2.54 bits per heavy atom. The van der Waals surface area contributed by atoms with Gasteiger partial charge >= 0.3 is 5.97 Å². The molecule has 24 heavy (non-hydrogen) atoms. The Bertz CT molecular complexity index is 768. The van der Waals surface area contributed by atoms with Crippen LogP contribution in [0, 0.1) is 0 Å². The molecule has 1 heterocycles. The smallest absolute Gasteiger partial charge is 0.303 e. The van der Waals surface area contributed by atoms with Crippen molar-refractivity contribution in [2.24, 2.45) is 7.05 Å². The lowest BCUT2D eigenvalue weighted by atomic mass is 10.0. The van der Waals surface area contributed by atoms with Crippen LogP contribution in [0.25, 0.3) is 0 Å². The highest BCUT2D eigenvalue weighted by Gasteiger charge is 2.16. The van der Waals surface area contributed by atoms with Gasteiger partial charge in [-0.05, 0) is 24.5 Å². The first-order valence-corrected chi connectivity index (χ1v) is 7.69. The third-order valence-corrected chi connectivity index (χ3v) is 3.73. The molecule has 0 aliphatic heterocycles. The zero-order valence-electron chi connectivity index (χ0n) is 13.4. The lowest BCUT2D eigenvalue weighted by Crippen LogP contribution is -2.37. The summed E-state index contributed by atoms with van der Waals surface area (Å²) >= 11 is 0. The fourth-order valence-electron chi connectivity index (χ4n) is 2.38. The summed E-state index contributed by atoms with van der Waals surface area (Å²) in [5.41, 5.74) is 1.01. The number of nitrogens with one attached hydrogen (secondary N) is 1. The lowest BCUT2D eigenvalue weighted by molar-refractivity contribution is -0.137. The van der Waals surface area contributed by atoms with Crippen LogP contribution in [0.3, 0.4) is 0 Å². The molecule has 0 spiro atoms. The topological polar surface area (TPSA) is 88.4 Å². The van der Waals surface area contributed by atoms with Crippen molar-refractivity contribution >= 4 is 11.9 Å². The number of benzene rings is 1. The molecule has 0 saturated heterocycles. The van der Waals surface area contributed by atoms with Crippen molar-refractivity contribution in [2.75, 3.05) is 0 Å². The van der Waals surface area contributed by atoms with Gasteiger partial charge in [0.15, 0.2) is 0 Å². The maximum atomic E-state index is 12.3. The third-order valence-electron chi connectivity index (χ3n) is 3.73. The molecule has 1 unspecified atom stereocenters. The van der Waals surface area contributed by atoms with E-state index in [1.165, 1.54) is 16.8 Å². The van der Waals surface area contributed by atoms with Crippen molar-refractivity contribution in [2.45, 2.75) is 25.3 Å². The van der Waals surface area contributed by atoms with E-state index in [2.05, 4.69) is 5.32 Å². The van der Waals surface area contributed by atoms with Gasteiger partial charge in [0.2, 0.25) is 0 Å². The van der Waals surface area contributed by atoms with Crippen LogP contribution in [-0.2, 0) is 18.3 Å². The highest BCUT2D eigenvalue weighted by molar-refractivity contribution is 5.94. The van der Waals surface area contributed by atoms with E-state index in [1.807, 2.05) is 30.3 Å². The molecule has 2 aromatic rings. The fourth-order valence-corrected chi connectivity index (χ4v) is 2.38. The van der Waals surface area contributed by atoms with Gasteiger partial charge in [0.05, 0.1) is 0 Å². The molecule has 6 heteroatoms. The molecule has 1 atom stereocenters. The summed E-state index contributed by atoms with van der Waals surface area (Å²) in [6, 6.07) is 12.1. The number of carbonyl (C=O) groups excluding carboxylic acids is 1. The maximum Gasteiger partial charge on any atom is 0.303 e. The molecular formula is C18H20N2O4. The maximum absolute atomic E-state index is 12.3. The van der Waals surface area contributed by atoms with Crippen molar-refractivity contribution in [3.8, 4) is 0 Å². The van der Waals surface area contributed by atoms with Gasteiger partial charge in [-0.2, -0.15) is 0 Å². The van der Waals surface area contributed by atoms with E-state index in [0.717, 1.165) is 5.56 Å². The monoisotopic (exact) mass is 328 g/mol. The van der Waals surface area contributed by atoms with Crippen LogP contribution in [-0.4, -0.2) is 27.6 Å². The molecule has 126 valence electrons. The molecular weight excluding hydrogens is 308 g/mol. The van der Waals surface area contributed by atoms with Crippen molar-refractivity contribution in [3.63, 3.8) is 0 Å². The van der Waals surface area contributed by atoms with Gasteiger partial charge in [-0.1, -0.05) is 30.3 Å². The molecule has 0 radical (unpaired) electrons. The first-order chi connectivity index (χ1) is 11.5. The minimum atomic E-state index is -0.907. The van der Waals surface area contributed by atoms with Gasteiger partial charge in [0.25, 0.3) is 11.5 Å². The second kappa shape index (κ2) is 8.10. The van der Waals surface area contributed by atoms with Crippen LogP contribution < -0.4 is 10.9 Å². The average molecular weight is 328 g/mol. The summed E-state index contributed by atoms with van der Waals surface area (Å²) < 4.78 is 1.38. The zero-order chi connectivity index (χ0) is 17.5. The second-order valence-corrected chi connectivity index (χ2v) is 5.66. The van der Waals surface area contributed by atoms with Crippen LogP contribution in [0.2, 0.25) is 0 Å². The van der Waals surface area contributed by atoms with Gasteiger partial charge < -0.3 is 15.0 Å².